The molecule has 7 heteroatoms. The van der Waals surface area contributed by atoms with Crippen LogP contribution in [-0.2, 0) is 7.05 Å². The number of furan rings is 1. The molecule has 0 aliphatic heterocycles. The number of carbonyl (C=O) groups is 1. The number of hydrogen-bond donors (Lipinski definition) is 0. The molecule has 0 amide bonds. The number of ketones is 1. The monoisotopic (exact) mass is 407 g/mol. The van der Waals surface area contributed by atoms with Crippen LogP contribution in [0.15, 0.2) is 50.3 Å². The molecule has 0 fully saturated rings. The zero-order chi connectivity index (χ0) is 17.3. The first-order valence-electron chi connectivity index (χ1n) is 6.88. The Hall–Kier alpha value is -2.25. The zero-order valence-electron chi connectivity index (χ0n) is 12.5. The summed E-state index contributed by atoms with van der Waals surface area (Å²) >= 11 is 4.31. The van der Waals surface area contributed by atoms with E-state index in [4.69, 9.17) is 4.42 Å². The molecule has 0 saturated carbocycles. The van der Waals surface area contributed by atoms with Gasteiger partial charge in [0.05, 0.1) is 10.8 Å². The summed E-state index contributed by atoms with van der Waals surface area (Å²) in [7, 11) is 1.56. The third kappa shape index (κ3) is 3.32. The van der Waals surface area contributed by atoms with Crippen molar-refractivity contribution in [1.82, 2.24) is 4.57 Å². The van der Waals surface area contributed by atoms with Gasteiger partial charge in [-0.3, -0.25) is 9.59 Å². The Bertz CT molecular complexity index is 1080. The second-order valence-electron chi connectivity index (χ2n) is 4.96. The van der Waals surface area contributed by atoms with Gasteiger partial charge in [0.2, 0.25) is 5.78 Å². The number of rotatable bonds is 3. The Morgan fingerprint density at radius 1 is 1.38 bits per heavy atom. The van der Waals surface area contributed by atoms with Crippen LogP contribution in [0.4, 0.5) is 4.39 Å². The van der Waals surface area contributed by atoms with Crippen LogP contribution >= 0.6 is 27.3 Å². The van der Waals surface area contributed by atoms with Gasteiger partial charge >= 0.3 is 0 Å². The minimum absolute atomic E-state index is 0.195. The third-order valence-electron chi connectivity index (χ3n) is 3.33. The predicted molar refractivity (Wildman–Crippen MR) is 94.0 cm³/mol. The van der Waals surface area contributed by atoms with Crippen molar-refractivity contribution in [3.8, 4) is 0 Å². The number of aromatic nitrogens is 1. The summed E-state index contributed by atoms with van der Waals surface area (Å²) in [5.41, 5.74) is 0.0156. The van der Waals surface area contributed by atoms with Crippen LogP contribution in [0.5, 0.6) is 0 Å². The largest absolute Gasteiger partial charge is 0.461 e. The van der Waals surface area contributed by atoms with Gasteiger partial charge in [0, 0.05) is 23.2 Å². The quantitative estimate of drug-likeness (QED) is 0.626. The van der Waals surface area contributed by atoms with Gasteiger partial charge in [-0.15, -0.1) is 11.3 Å². The summed E-state index contributed by atoms with van der Waals surface area (Å²) in [5, 5.41) is 0. The molecule has 0 spiro atoms. The maximum absolute atomic E-state index is 13.9. The Kier molecular flexibility index (Phi) is 4.64. The fourth-order valence-corrected chi connectivity index (χ4v) is 3.42. The molecule has 0 N–H and O–H groups in total. The van der Waals surface area contributed by atoms with Crippen molar-refractivity contribution in [2.24, 2.45) is 7.05 Å². The van der Waals surface area contributed by atoms with Crippen LogP contribution in [0.3, 0.4) is 0 Å². The molecule has 0 unspecified atom stereocenters. The number of thiazole rings is 1. The normalized spacial score (nSPS) is 12.8. The lowest BCUT2D eigenvalue weighted by Gasteiger charge is -1.95. The lowest BCUT2D eigenvalue weighted by Crippen LogP contribution is -2.29. The molecule has 0 aliphatic carbocycles. The topological polar surface area (TPSA) is 52.2 Å². The average molecular weight is 408 g/mol. The van der Waals surface area contributed by atoms with Crippen molar-refractivity contribution < 1.29 is 13.6 Å². The Balaban J connectivity index is 2.11. The van der Waals surface area contributed by atoms with E-state index in [-0.39, 0.29) is 17.1 Å². The van der Waals surface area contributed by atoms with Crippen LogP contribution in [0.1, 0.15) is 16.1 Å². The zero-order valence-corrected chi connectivity index (χ0v) is 14.9. The standard InChI is InChI=1S/C17H11BrFNO3S/c1-20-16(9-13(21)14-3-2-6-23-14)24-15(17(20)22)7-10-4-5-11(18)8-12(10)19/h2-9H,1H3. The van der Waals surface area contributed by atoms with E-state index in [2.05, 4.69) is 15.9 Å². The van der Waals surface area contributed by atoms with E-state index in [1.807, 2.05) is 0 Å². The number of halogens is 2. The van der Waals surface area contributed by atoms with Gasteiger partial charge in [-0.2, -0.15) is 0 Å². The fourth-order valence-electron chi connectivity index (χ4n) is 2.07. The van der Waals surface area contributed by atoms with E-state index in [0.717, 1.165) is 11.3 Å². The van der Waals surface area contributed by atoms with Crippen molar-refractivity contribution in [1.29, 1.82) is 0 Å². The molecule has 0 aliphatic rings. The molecule has 122 valence electrons. The summed E-state index contributed by atoms with van der Waals surface area (Å²) in [4.78, 5) is 24.4. The highest BCUT2D eigenvalue weighted by Crippen LogP contribution is 2.15. The highest BCUT2D eigenvalue weighted by Gasteiger charge is 2.08. The molecule has 0 atom stereocenters. The van der Waals surface area contributed by atoms with Crippen LogP contribution in [0.2, 0.25) is 0 Å². The lowest BCUT2D eigenvalue weighted by atomic mass is 10.2. The minimum Gasteiger partial charge on any atom is -0.461 e. The minimum atomic E-state index is -0.433. The Labute approximate surface area is 148 Å². The van der Waals surface area contributed by atoms with Crippen molar-refractivity contribution in [3.05, 3.63) is 77.8 Å². The summed E-state index contributed by atoms with van der Waals surface area (Å²) < 4.78 is 21.8. The van der Waals surface area contributed by atoms with E-state index in [1.165, 1.54) is 29.0 Å². The lowest BCUT2D eigenvalue weighted by molar-refractivity contribution is 0.103. The second kappa shape index (κ2) is 6.70. The molecule has 3 rings (SSSR count). The van der Waals surface area contributed by atoms with Gasteiger partial charge in [0.15, 0.2) is 5.76 Å². The van der Waals surface area contributed by atoms with Gasteiger partial charge in [0.1, 0.15) is 10.5 Å². The molecule has 2 heterocycles. The van der Waals surface area contributed by atoms with E-state index in [0.29, 0.717) is 19.2 Å². The highest BCUT2D eigenvalue weighted by molar-refractivity contribution is 9.10. The smallest absolute Gasteiger partial charge is 0.268 e. The molecule has 2 aromatic heterocycles. The predicted octanol–water partition coefficient (Wildman–Crippen LogP) is 2.43. The first kappa shape index (κ1) is 16.6. The number of hydrogen-bond acceptors (Lipinski definition) is 4. The Morgan fingerprint density at radius 2 is 2.17 bits per heavy atom. The average Bonchev–Trinajstić information content (AvgIpc) is 3.16. The summed E-state index contributed by atoms with van der Waals surface area (Å²) in [6, 6.07) is 7.77. The van der Waals surface area contributed by atoms with E-state index in [9.17, 15) is 14.0 Å². The number of benzene rings is 1. The summed E-state index contributed by atoms with van der Waals surface area (Å²) in [5.74, 6) is -0.574. The summed E-state index contributed by atoms with van der Waals surface area (Å²) in [6.45, 7) is 0. The first-order chi connectivity index (χ1) is 11.5. The fraction of sp³-hybridized carbons (Fsp3) is 0.0588. The molecule has 3 aromatic rings. The molecule has 0 radical (unpaired) electrons. The van der Waals surface area contributed by atoms with Gasteiger partial charge in [-0.25, -0.2) is 4.39 Å². The van der Waals surface area contributed by atoms with E-state index < -0.39 is 5.82 Å². The highest BCUT2D eigenvalue weighted by atomic mass is 79.9. The SMILES string of the molecule is Cn1c(=CC(=O)c2ccco2)sc(=Cc2ccc(Br)cc2F)c1=O. The van der Waals surface area contributed by atoms with Crippen molar-refractivity contribution >= 4 is 45.2 Å². The van der Waals surface area contributed by atoms with Crippen LogP contribution in [0.25, 0.3) is 12.2 Å². The van der Waals surface area contributed by atoms with Crippen molar-refractivity contribution in [2.45, 2.75) is 0 Å². The maximum Gasteiger partial charge on any atom is 0.268 e. The van der Waals surface area contributed by atoms with Gasteiger partial charge in [-0.05, 0) is 30.3 Å². The van der Waals surface area contributed by atoms with Crippen LogP contribution in [0, 0.1) is 5.82 Å². The van der Waals surface area contributed by atoms with Gasteiger partial charge in [0.25, 0.3) is 5.56 Å². The summed E-state index contributed by atoms with van der Waals surface area (Å²) in [6.07, 6.45) is 4.22. The molecule has 0 saturated heterocycles. The molecule has 24 heavy (non-hydrogen) atoms. The molecular weight excluding hydrogens is 397 g/mol. The third-order valence-corrected chi connectivity index (χ3v) is 4.93. The second-order valence-corrected chi connectivity index (χ2v) is 6.94. The van der Waals surface area contributed by atoms with Crippen molar-refractivity contribution in [2.75, 3.05) is 0 Å². The Morgan fingerprint density at radius 3 is 2.83 bits per heavy atom. The number of Topliss-reactive ketones (excluding diaryl/α,β-unsaturated/α-hetero) is 1. The van der Waals surface area contributed by atoms with E-state index >= 15 is 0 Å². The van der Waals surface area contributed by atoms with Crippen molar-refractivity contribution in [3.63, 3.8) is 0 Å². The maximum atomic E-state index is 13.9. The first-order valence-corrected chi connectivity index (χ1v) is 8.49. The molecule has 1 aromatic carbocycles. The van der Waals surface area contributed by atoms with Gasteiger partial charge in [-0.1, -0.05) is 22.0 Å². The van der Waals surface area contributed by atoms with Crippen LogP contribution < -0.4 is 14.8 Å². The molecule has 0 bridgehead atoms. The van der Waals surface area contributed by atoms with Gasteiger partial charge < -0.3 is 8.98 Å². The van der Waals surface area contributed by atoms with E-state index in [1.54, 1.807) is 31.3 Å². The molecule has 4 nitrogen and oxygen atoms in total. The number of nitrogens with zero attached hydrogens (tertiary/aromatic N) is 1. The molecular formula is C17H11BrFNO3S. The van der Waals surface area contributed by atoms with Crippen LogP contribution in [-0.4, -0.2) is 10.4 Å². The number of carbonyl (C=O) groups excluding carboxylic acids is 1.